The first-order valence-corrected chi connectivity index (χ1v) is 7.15. The van der Waals surface area contributed by atoms with Gasteiger partial charge in [0.15, 0.2) is 0 Å². The summed E-state index contributed by atoms with van der Waals surface area (Å²) >= 11 is 3.23. The van der Waals surface area contributed by atoms with Crippen molar-refractivity contribution >= 4 is 31.6 Å². The van der Waals surface area contributed by atoms with Crippen LogP contribution in [0.25, 0.3) is 0 Å². The monoisotopic (exact) mass is 316 g/mol. The highest BCUT2D eigenvalue weighted by atomic mass is 79.9. The molecule has 0 radical (unpaired) electrons. The van der Waals surface area contributed by atoms with E-state index in [0.29, 0.717) is 6.54 Å². The Morgan fingerprint density at radius 2 is 2.18 bits per heavy atom. The number of nitrogens with two attached hydrogens (primary N) is 1. The molecule has 1 rings (SSSR count). The van der Waals surface area contributed by atoms with Gasteiger partial charge >= 0.3 is 0 Å². The van der Waals surface area contributed by atoms with Crippen molar-refractivity contribution in [3.63, 3.8) is 0 Å². The van der Waals surface area contributed by atoms with E-state index in [1.165, 1.54) is 10.4 Å². The molecule has 92 valence electrons. The van der Waals surface area contributed by atoms with Crippen molar-refractivity contribution in [1.29, 1.82) is 0 Å². The molecule has 0 aliphatic rings. The fourth-order valence-corrected chi connectivity index (χ4v) is 3.20. The van der Waals surface area contributed by atoms with E-state index in [1.807, 2.05) is 0 Å². The third kappa shape index (κ3) is 3.00. The molecule has 0 amide bonds. The Kier molecular flexibility index (Phi) is 4.57. The van der Waals surface area contributed by atoms with Gasteiger partial charge in [0, 0.05) is 11.0 Å². The molecule has 0 fully saturated rings. The third-order valence-corrected chi connectivity index (χ3v) is 4.70. The standard InChI is InChI=1S/C11H13BrN2O2S/c1-3-7-14(4-2)17(15,16)11-6-5-9(12)8-10(11)13/h1,5-6,8H,4,7,13H2,2H3. The van der Waals surface area contributed by atoms with Crippen molar-refractivity contribution in [1.82, 2.24) is 4.31 Å². The zero-order chi connectivity index (χ0) is 13.1. The van der Waals surface area contributed by atoms with Crippen LogP contribution in [-0.4, -0.2) is 25.8 Å². The molecule has 0 saturated heterocycles. The highest BCUT2D eigenvalue weighted by Crippen LogP contribution is 2.25. The summed E-state index contributed by atoms with van der Waals surface area (Å²) < 4.78 is 26.4. The van der Waals surface area contributed by atoms with Gasteiger partial charge in [-0.15, -0.1) is 6.42 Å². The number of benzene rings is 1. The minimum atomic E-state index is -3.62. The minimum absolute atomic E-state index is 0.0360. The lowest BCUT2D eigenvalue weighted by atomic mass is 10.3. The van der Waals surface area contributed by atoms with Crippen LogP contribution in [0, 0.1) is 12.3 Å². The smallest absolute Gasteiger partial charge is 0.245 e. The molecule has 4 nitrogen and oxygen atoms in total. The molecule has 6 heteroatoms. The average Bonchev–Trinajstić information content (AvgIpc) is 2.24. The fraction of sp³-hybridized carbons (Fsp3) is 0.273. The molecule has 0 spiro atoms. The molecule has 0 unspecified atom stereocenters. The predicted molar refractivity (Wildman–Crippen MR) is 71.8 cm³/mol. The van der Waals surface area contributed by atoms with E-state index in [1.54, 1.807) is 19.1 Å². The maximum atomic E-state index is 12.2. The Morgan fingerprint density at radius 3 is 2.65 bits per heavy atom. The molecule has 0 heterocycles. The van der Waals surface area contributed by atoms with Gasteiger partial charge in [-0.3, -0.25) is 0 Å². The number of halogens is 1. The van der Waals surface area contributed by atoms with E-state index in [4.69, 9.17) is 12.2 Å². The topological polar surface area (TPSA) is 63.4 Å². The summed E-state index contributed by atoms with van der Waals surface area (Å²) in [4.78, 5) is 0.0813. The predicted octanol–water partition coefficient (Wildman–Crippen LogP) is 1.68. The van der Waals surface area contributed by atoms with Gasteiger partial charge in [-0.1, -0.05) is 28.8 Å². The molecule has 1 aromatic carbocycles. The van der Waals surface area contributed by atoms with E-state index >= 15 is 0 Å². The molecule has 0 aliphatic heterocycles. The lowest BCUT2D eigenvalue weighted by molar-refractivity contribution is 0.464. The number of terminal acetylenes is 1. The lowest BCUT2D eigenvalue weighted by Crippen LogP contribution is -2.31. The molecule has 0 bridgehead atoms. The van der Waals surface area contributed by atoms with Crippen LogP contribution in [0.4, 0.5) is 5.69 Å². The van der Waals surface area contributed by atoms with Crippen molar-refractivity contribution in [2.45, 2.75) is 11.8 Å². The molecule has 1 aromatic rings. The lowest BCUT2D eigenvalue weighted by Gasteiger charge is -2.18. The van der Waals surface area contributed by atoms with Crippen LogP contribution in [0.3, 0.4) is 0 Å². The minimum Gasteiger partial charge on any atom is -0.398 e. The van der Waals surface area contributed by atoms with Crippen LogP contribution in [0.5, 0.6) is 0 Å². The van der Waals surface area contributed by atoms with Gasteiger partial charge in [-0.2, -0.15) is 4.31 Å². The van der Waals surface area contributed by atoms with Gasteiger partial charge in [-0.25, -0.2) is 8.42 Å². The molecule has 2 N–H and O–H groups in total. The Labute approximate surface area is 110 Å². The van der Waals surface area contributed by atoms with E-state index < -0.39 is 10.0 Å². The van der Waals surface area contributed by atoms with Gasteiger partial charge in [0.25, 0.3) is 0 Å². The molecule has 0 saturated carbocycles. The number of nitrogens with zero attached hydrogens (tertiary/aromatic N) is 1. The summed E-state index contributed by atoms with van der Waals surface area (Å²) in [5.74, 6) is 2.32. The van der Waals surface area contributed by atoms with Crippen LogP contribution < -0.4 is 5.73 Å². The normalized spacial score (nSPS) is 11.4. The summed E-state index contributed by atoms with van der Waals surface area (Å²) in [7, 11) is -3.62. The van der Waals surface area contributed by atoms with Gasteiger partial charge in [0.05, 0.1) is 12.2 Å². The second-order valence-electron chi connectivity index (χ2n) is 3.32. The summed E-state index contributed by atoms with van der Waals surface area (Å²) in [5, 5.41) is 0. The maximum Gasteiger partial charge on any atom is 0.245 e. The Bertz CT molecular complexity index is 549. The van der Waals surface area contributed by atoms with Gasteiger partial charge in [0.2, 0.25) is 10.0 Å². The maximum absolute atomic E-state index is 12.2. The second kappa shape index (κ2) is 5.54. The van der Waals surface area contributed by atoms with Crippen molar-refractivity contribution in [3.8, 4) is 12.3 Å². The van der Waals surface area contributed by atoms with Crippen molar-refractivity contribution in [3.05, 3.63) is 22.7 Å². The van der Waals surface area contributed by atoms with Gasteiger partial charge in [0.1, 0.15) is 4.90 Å². The average molecular weight is 317 g/mol. The molecular weight excluding hydrogens is 304 g/mol. The SMILES string of the molecule is C#CCN(CC)S(=O)(=O)c1ccc(Br)cc1N. The molecule has 0 atom stereocenters. The summed E-state index contributed by atoms with van der Waals surface area (Å²) in [5.41, 5.74) is 5.91. The fourth-order valence-electron chi connectivity index (χ4n) is 1.36. The zero-order valence-corrected chi connectivity index (χ0v) is 11.8. The number of sulfonamides is 1. The molecule has 17 heavy (non-hydrogen) atoms. The third-order valence-electron chi connectivity index (χ3n) is 2.21. The van der Waals surface area contributed by atoms with Crippen molar-refractivity contribution in [2.24, 2.45) is 0 Å². The first-order valence-electron chi connectivity index (χ1n) is 4.92. The van der Waals surface area contributed by atoms with Crippen molar-refractivity contribution < 1.29 is 8.42 Å². The number of nitrogen functional groups attached to an aromatic ring is 1. The van der Waals surface area contributed by atoms with Crippen LogP contribution in [0.15, 0.2) is 27.6 Å². The number of anilines is 1. The largest absolute Gasteiger partial charge is 0.398 e. The zero-order valence-electron chi connectivity index (χ0n) is 9.35. The van der Waals surface area contributed by atoms with Crippen LogP contribution in [0.1, 0.15) is 6.92 Å². The van der Waals surface area contributed by atoms with Crippen molar-refractivity contribution in [2.75, 3.05) is 18.8 Å². The first-order chi connectivity index (χ1) is 7.93. The highest BCUT2D eigenvalue weighted by Gasteiger charge is 2.24. The van der Waals surface area contributed by atoms with Crippen LogP contribution in [-0.2, 0) is 10.0 Å². The Balaban J connectivity index is 3.26. The number of hydrogen-bond donors (Lipinski definition) is 1. The van der Waals surface area contributed by atoms with E-state index in [-0.39, 0.29) is 17.1 Å². The molecular formula is C11H13BrN2O2S. The quantitative estimate of drug-likeness (QED) is 0.679. The van der Waals surface area contributed by atoms with Crippen LogP contribution >= 0.6 is 15.9 Å². The highest BCUT2D eigenvalue weighted by molar-refractivity contribution is 9.10. The summed E-state index contributed by atoms with van der Waals surface area (Å²) in [6, 6.07) is 4.65. The Hall–Kier alpha value is -1.03. The molecule has 0 aliphatic carbocycles. The number of hydrogen-bond acceptors (Lipinski definition) is 3. The Morgan fingerprint density at radius 1 is 1.53 bits per heavy atom. The van der Waals surface area contributed by atoms with E-state index in [0.717, 1.165) is 4.47 Å². The van der Waals surface area contributed by atoms with E-state index in [2.05, 4.69) is 21.9 Å². The van der Waals surface area contributed by atoms with E-state index in [9.17, 15) is 8.42 Å². The number of rotatable bonds is 4. The van der Waals surface area contributed by atoms with Gasteiger partial charge in [-0.05, 0) is 18.2 Å². The first kappa shape index (κ1) is 14.0. The molecule has 0 aromatic heterocycles. The second-order valence-corrected chi connectivity index (χ2v) is 6.14. The summed E-state index contributed by atoms with van der Waals surface area (Å²) in [6.07, 6.45) is 5.15. The van der Waals surface area contributed by atoms with Gasteiger partial charge < -0.3 is 5.73 Å². The van der Waals surface area contributed by atoms with Crippen LogP contribution in [0.2, 0.25) is 0 Å². The summed E-state index contributed by atoms with van der Waals surface area (Å²) in [6.45, 7) is 2.07.